The fraction of sp³-hybridized carbons (Fsp3) is 0.438. The molecule has 3 rings (SSSR count). The van der Waals surface area contributed by atoms with Crippen LogP contribution in [0.25, 0.3) is 10.9 Å². The molecule has 0 bridgehead atoms. The Kier molecular flexibility index (Phi) is 3.59. The van der Waals surface area contributed by atoms with Crippen LogP contribution < -0.4 is 10.1 Å². The van der Waals surface area contributed by atoms with Gasteiger partial charge in [-0.15, -0.1) is 0 Å². The first kappa shape index (κ1) is 13.9. The molecule has 5 heteroatoms. The van der Waals surface area contributed by atoms with Crippen LogP contribution in [0.5, 0.6) is 5.75 Å². The number of esters is 1. The number of carbonyl (C=O) groups excluding carboxylic acids is 1. The molecule has 0 spiro atoms. The highest BCUT2D eigenvalue weighted by Gasteiger charge is 2.28. The highest BCUT2D eigenvalue weighted by atomic mass is 16.5. The summed E-state index contributed by atoms with van der Waals surface area (Å²) in [5.41, 5.74) is 3.65. The van der Waals surface area contributed by atoms with Crippen LogP contribution in [0, 0.1) is 0 Å². The molecule has 0 saturated heterocycles. The van der Waals surface area contributed by atoms with Gasteiger partial charge in [-0.3, -0.25) is 4.79 Å². The van der Waals surface area contributed by atoms with Gasteiger partial charge < -0.3 is 19.4 Å². The Morgan fingerprint density at radius 2 is 2.24 bits per heavy atom. The van der Waals surface area contributed by atoms with Gasteiger partial charge in [0.05, 0.1) is 26.7 Å². The van der Waals surface area contributed by atoms with E-state index in [1.165, 1.54) is 29.3 Å². The number of hydrogen-bond acceptors (Lipinski definition) is 4. The number of aromatic nitrogens is 1. The van der Waals surface area contributed by atoms with Crippen molar-refractivity contribution in [2.24, 2.45) is 7.05 Å². The normalized spacial score (nSPS) is 17.6. The van der Waals surface area contributed by atoms with Gasteiger partial charge in [-0.25, -0.2) is 0 Å². The standard InChI is InChI=1S/C16H20N2O3/c1-18-14-5-4-10(20-2)8-12(14)11-6-7-17-13(16(11)18)9-15(19)21-3/h4-5,8,13,17H,6-7,9H2,1-3H3. The molecule has 1 aromatic carbocycles. The predicted molar refractivity (Wildman–Crippen MR) is 80.6 cm³/mol. The highest BCUT2D eigenvalue weighted by molar-refractivity contribution is 5.87. The molecule has 112 valence electrons. The lowest BCUT2D eigenvalue weighted by Crippen LogP contribution is -2.32. The molecule has 21 heavy (non-hydrogen) atoms. The maximum Gasteiger partial charge on any atom is 0.307 e. The molecule has 0 amide bonds. The van der Waals surface area contributed by atoms with E-state index >= 15 is 0 Å². The minimum atomic E-state index is -0.191. The smallest absolute Gasteiger partial charge is 0.307 e. The van der Waals surface area contributed by atoms with E-state index in [1.54, 1.807) is 7.11 Å². The minimum absolute atomic E-state index is 0.00425. The van der Waals surface area contributed by atoms with E-state index in [1.807, 2.05) is 13.1 Å². The molecular weight excluding hydrogens is 268 g/mol. The lowest BCUT2D eigenvalue weighted by molar-refractivity contribution is -0.141. The van der Waals surface area contributed by atoms with Crippen LogP contribution in [0.2, 0.25) is 0 Å². The fourth-order valence-corrected chi connectivity index (χ4v) is 3.24. The number of nitrogens with zero attached hydrogens (tertiary/aromatic N) is 1. The summed E-state index contributed by atoms with van der Waals surface area (Å²) in [7, 11) is 5.15. The number of ether oxygens (including phenoxy) is 2. The van der Waals surface area contributed by atoms with E-state index in [4.69, 9.17) is 9.47 Å². The highest BCUT2D eigenvalue weighted by Crippen LogP contribution is 2.35. The van der Waals surface area contributed by atoms with Gasteiger partial charge in [-0.05, 0) is 36.7 Å². The Morgan fingerprint density at radius 3 is 2.95 bits per heavy atom. The van der Waals surface area contributed by atoms with Gasteiger partial charge in [-0.2, -0.15) is 0 Å². The third kappa shape index (κ3) is 2.27. The predicted octanol–water partition coefficient (Wildman–Crippen LogP) is 1.94. The summed E-state index contributed by atoms with van der Waals surface area (Å²) in [6.45, 7) is 0.866. The Bertz CT molecular complexity index is 690. The number of nitrogens with one attached hydrogen (secondary N) is 1. The molecule has 0 saturated carbocycles. The minimum Gasteiger partial charge on any atom is -0.497 e. The van der Waals surface area contributed by atoms with Crippen molar-refractivity contribution >= 4 is 16.9 Å². The third-order valence-electron chi connectivity index (χ3n) is 4.26. The van der Waals surface area contributed by atoms with Crippen molar-refractivity contribution < 1.29 is 14.3 Å². The zero-order valence-corrected chi connectivity index (χ0v) is 12.6. The number of rotatable bonds is 3. The summed E-state index contributed by atoms with van der Waals surface area (Å²) in [5, 5.41) is 4.63. The lowest BCUT2D eigenvalue weighted by atomic mass is 9.97. The number of benzene rings is 1. The quantitative estimate of drug-likeness (QED) is 0.877. The van der Waals surface area contributed by atoms with Crippen LogP contribution in [0.3, 0.4) is 0 Å². The van der Waals surface area contributed by atoms with E-state index in [9.17, 15) is 4.79 Å². The largest absolute Gasteiger partial charge is 0.497 e. The van der Waals surface area contributed by atoms with Gasteiger partial charge in [-0.1, -0.05) is 0 Å². The Labute approximate surface area is 123 Å². The molecular formula is C16H20N2O3. The van der Waals surface area contributed by atoms with Crippen molar-refractivity contribution in [2.75, 3.05) is 20.8 Å². The van der Waals surface area contributed by atoms with E-state index < -0.39 is 0 Å². The fourth-order valence-electron chi connectivity index (χ4n) is 3.24. The lowest BCUT2D eigenvalue weighted by Gasteiger charge is -2.25. The SMILES string of the molecule is COC(=O)CC1NCCc2c1n(C)c1ccc(OC)cc21. The van der Waals surface area contributed by atoms with Gasteiger partial charge in [0, 0.05) is 23.6 Å². The van der Waals surface area contributed by atoms with E-state index in [0.29, 0.717) is 6.42 Å². The van der Waals surface area contributed by atoms with Crippen molar-refractivity contribution in [3.63, 3.8) is 0 Å². The average Bonchev–Trinajstić information content (AvgIpc) is 2.80. The van der Waals surface area contributed by atoms with Crippen LogP contribution in [-0.4, -0.2) is 31.3 Å². The van der Waals surface area contributed by atoms with Crippen LogP contribution in [0.15, 0.2) is 18.2 Å². The van der Waals surface area contributed by atoms with Crippen molar-refractivity contribution in [3.8, 4) is 5.75 Å². The molecule has 0 aliphatic carbocycles. The molecule has 1 aliphatic heterocycles. The average molecular weight is 288 g/mol. The van der Waals surface area contributed by atoms with Crippen LogP contribution in [-0.2, 0) is 23.0 Å². The van der Waals surface area contributed by atoms with E-state index in [-0.39, 0.29) is 12.0 Å². The molecule has 5 nitrogen and oxygen atoms in total. The Hall–Kier alpha value is -2.01. The molecule has 1 N–H and O–H groups in total. The first-order chi connectivity index (χ1) is 10.2. The maximum atomic E-state index is 11.6. The molecule has 0 radical (unpaired) electrons. The molecule has 0 fully saturated rings. The number of methoxy groups -OCH3 is 2. The summed E-state index contributed by atoms with van der Waals surface area (Å²) < 4.78 is 12.3. The molecule has 2 aromatic rings. The van der Waals surface area contributed by atoms with Gasteiger partial charge in [0.2, 0.25) is 0 Å². The zero-order chi connectivity index (χ0) is 15.0. The molecule has 2 heterocycles. The monoisotopic (exact) mass is 288 g/mol. The summed E-state index contributed by atoms with van der Waals surface area (Å²) in [4.78, 5) is 11.6. The number of carbonyl (C=O) groups is 1. The first-order valence-corrected chi connectivity index (χ1v) is 7.11. The van der Waals surface area contributed by atoms with Crippen LogP contribution >= 0.6 is 0 Å². The second kappa shape index (κ2) is 5.41. The summed E-state index contributed by atoms with van der Waals surface area (Å²) in [6.07, 6.45) is 1.31. The molecule has 1 atom stereocenters. The second-order valence-electron chi connectivity index (χ2n) is 5.34. The zero-order valence-electron chi connectivity index (χ0n) is 12.6. The maximum absolute atomic E-state index is 11.6. The topological polar surface area (TPSA) is 52.5 Å². The van der Waals surface area contributed by atoms with Gasteiger partial charge in [0.25, 0.3) is 0 Å². The summed E-state index contributed by atoms with van der Waals surface area (Å²) in [5.74, 6) is 0.669. The van der Waals surface area contributed by atoms with Crippen LogP contribution in [0.4, 0.5) is 0 Å². The first-order valence-electron chi connectivity index (χ1n) is 7.11. The van der Waals surface area contributed by atoms with Crippen molar-refractivity contribution in [1.29, 1.82) is 0 Å². The molecule has 1 aromatic heterocycles. The second-order valence-corrected chi connectivity index (χ2v) is 5.34. The van der Waals surface area contributed by atoms with Crippen LogP contribution in [0.1, 0.15) is 23.7 Å². The van der Waals surface area contributed by atoms with E-state index in [2.05, 4.69) is 22.0 Å². The molecule has 1 aliphatic rings. The molecule has 1 unspecified atom stereocenters. The summed E-state index contributed by atoms with van der Waals surface area (Å²) in [6, 6.07) is 6.12. The summed E-state index contributed by atoms with van der Waals surface area (Å²) >= 11 is 0. The van der Waals surface area contributed by atoms with Gasteiger partial charge in [0.1, 0.15) is 5.75 Å². The van der Waals surface area contributed by atoms with E-state index in [0.717, 1.165) is 18.7 Å². The Balaban J connectivity index is 2.12. The number of aryl methyl sites for hydroxylation is 1. The van der Waals surface area contributed by atoms with Crippen molar-refractivity contribution in [3.05, 3.63) is 29.5 Å². The van der Waals surface area contributed by atoms with Crippen molar-refractivity contribution in [1.82, 2.24) is 9.88 Å². The Morgan fingerprint density at radius 1 is 1.43 bits per heavy atom. The van der Waals surface area contributed by atoms with Gasteiger partial charge >= 0.3 is 5.97 Å². The number of hydrogen-bond donors (Lipinski definition) is 1. The van der Waals surface area contributed by atoms with Crippen molar-refractivity contribution in [2.45, 2.75) is 18.9 Å². The number of fused-ring (bicyclic) bond motifs is 3. The van der Waals surface area contributed by atoms with Gasteiger partial charge in [0.15, 0.2) is 0 Å². The third-order valence-corrected chi connectivity index (χ3v) is 4.26.